The lowest BCUT2D eigenvalue weighted by Gasteiger charge is -1.99. The van der Waals surface area contributed by atoms with Crippen LogP contribution in [0.2, 0.25) is 0 Å². The minimum absolute atomic E-state index is 0.190. The maximum Gasteiger partial charge on any atom is 0.310 e. The zero-order valence-electron chi connectivity index (χ0n) is 23.3. The predicted molar refractivity (Wildman–Crippen MR) is 138 cm³/mol. The van der Waals surface area contributed by atoms with Crippen LogP contribution in [0.15, 0.2) is 0 Å². The van der Waals surface area contributed by atoms with E-state index in [0.29, 0.717) is 25.7 Å². The standard InChI is InChI=1S/2C7H12O3.2C6H10O3/c2*1-5(2)3-6(8)4-7(9)10;2*1-2-3-5(7)4-6(8)9/h2*5H,3-4H2,1-2H3,(H,9,10);2*2-4H2,1H3,(H,8,9). The number of hydrogen-bond donors (Lipinski definition) is 4. The Kier molecular flexibility index (Phi) is 29.2. The molecular weight excluding hydrogens is 504 g/mol. The van der Waals surface area contributed by atoms with Gasteiger partial charge >= 0.3 is 23.9 Å². The van der Waals surface area contributed by atoms with Crippen molar-refractivity contribution in [3.8, 4) is 0 Å². The minimum atomic E-state index is -1.04. The van der Waals surface area contributed by atoms with E-state index in [1.165, 1.54) is 0 Å². The third-order valence-electron chi connectivity index (χ3n) is 3.72. The Balaban J connectivity index is -0.000000203. The smallest absolute Gasteiger partial charge is 0.310 e. The molecule has 0 heterocycles. The van der Waals surface area contributed by atoms with Gasteiger partial charge in [-0.3, -0.25) is 38.4 Å². The van der Waals surface area contributed by atoms with Crippen LogP contribution in [0.4, 0.5) is 0 Å². The van der Waals surface area contributed by atoms with Gasteiger partial charge in [0.15, 0.2) is 0 Å². The monoisotopic (exact) mass is 548 g/mol. The normalized spacial score (nSPS) is 9.47. The van der Waals surface area contributed by atoms with Crippen LogP contribution in [0, 0.1) is 11.8 Å². The van der Waals surface area contributed by atoms with E-state index in [0.717, 1.165) is 12.8 Å². The summed E-state index contributed by atoms with van der Waals surface area (Å²) in [5, 5.41) is 32.5. The summed E-state index contributed by atoms with van der Waals surface area (Å²) in [6.07, 6.45) is 1.63. The maximum atomic E-state index is 10.7. The van der Waals surface area contributed by atoms with Gasteiger partial charge in [0.05, 0.1) is 0 Å². The Hall–Kier alpha value is -3.44. The summed E-state index contributed by atoms with van der Waals surface area (Å²) in [5.74, 6) is -4.39. The molecule has 0 amide bonds. The lowest BCUT2D eigenvalue weighted by Crippen LogP contribution is -2.08. The second-order valence-corrected chi connectivity index (χ2v) is 9.13. The number of carbonyl (C=O) groups is 8. The maximum absolute atomic E-state index is 10.7. The SMILES string of the molecule is CC(C)CC(=O)CC(=O)O.CC(C)CC(=O)CC(=O)O.CCCC(=O)CC(=O)O.CCCC(=O)CC(=O)O. The number of carboxylic acids is 4. The van der Waals surface area contributed by atoms with E-state index >= 15 is 0 Å². The Morgan fingerprint density at radius 2 is 0.658 bits per heavy atom. The second kappa shape index (κ2) is 26.6. The molecule has 0 aliphatic heterocycles. The molecule has 0 aromatic rings. The highest BCUT2D eigenvalue weighted by atomic mass is 16.4. The first-order valence-corrected chi connectivity index (χ1v) is 12.3. The summed E-state index contributed by atoms with van der Waals surface area (Å²) in [4.78, 5) is 82.0. The number of Topliss-reactive ketones (excluding diaryl/α,β-unsaturated/α-hetero) is 4. The van der Waals surface area contributed by atoms with Gasteiger partial charge in [-0.15, -0.1) is 0 Å². The molecule has 0 atom stereocenters. The highest BCUT2D eigenvalue weighted by molar-refractivity contribution is 5.96. The van der Waals surface area contributed by atoms with Crippen LogP contribution < -0.4 is 0 Å². The van der Waals surface area contributed by atoms with Crippen molar-refractivity contribution in [1.82, 2.24) is 0 Å². The van der Waals surface area contributed by atoms with E-state index in [1.807, 2.05) is 41.5 Å². The van der Waals surface area contributed by atoms with Crippen molar-refractivity contribution >= 4 is 47.0 Å². The molecular formula is C26H44O12. The molecule has 4 N–H and O–H groups in total. The third-order valence-corrected chi connectivity index (χ3v) is 3.72. The van der Waals surface area contributed by atoms with E-state index < -0.39 is 23.9 Å². The Morgan fingerprint density at radius 1 is 0.447 bits per heavy atom. The molecule has 0 unspecified atom stereocenters. The number of carbonyl (C=O) groups excluding carboxylic acids is 4. The van der Waals surface area contributed by atoms with Gasteiger partial charge in [-0.25, -0.2) is 0 Å². The second-order valence-electron chi connectivity index (χ2n) is 9.13. The summed E-state index contributed by atoms with van der Waals surface area (Å²) < 4.78 is 0. The highest BCUT2D eigenvalue weighted by Crippen LogP contribution is 2.02. The number of aliphatic carboxylic acids is 4. The molecule has 0 radical (unpaired) electrons. The van der Waals surface area contributed by atoms with Crippen molar-refractivity contribution in [2.75, 3.05) is 0 Å². The molecule has 0 aliphatic carbocycles. The highest BCUT2D eigenvalue weighted by Gasteiger charge is 2.09. The average Bonchev–Trinajstić information content (AvgIpc) is 2.66. The summed E-state index contributed by atoms with van der Waals surface area (Å²) >= 11 is 0. The van der Waals surface area contributed by atoms with Gasteiger partial charge in [0.1, 0.15) is 48.8 Å². The first-order valence-electron chi connectivity index (χ1n) is 12.3. The molecule has 0 aromatic heterocycles. The molecule has 0 rings (SSSR count). The Bertz CT molecular complexity index is 702. The summed E-state index contributed by atoms with van der Waals surface area (Å²) in [7, 11) is 0. The molecule has 220 valence electrons. The first-order chi connectivity index (χ1) is 17.4. The summed E-state index contributed by atoms with van der Waals surface area (Å²) in [5.41, 5.74) is 0. The van der Waals surface area contributed by atoms with Crippen LogP contribution in [-0.4, -0.2) is 67.4 Å². The van der Waals surface area contributed by atoms with Gasteiger partial charge in [-0.05, 0) is 24.7 Å². The van der Waals surface area contributed by atoms with Crippen molar-refractivity contribution < 1.29 is 58.8 Å². The Morgan fingerprint density at radius 3 is 0.816 bits per heavy atom. The van der Waals surface area contributed by atoms with Crippen LogP contribution in [0.5, 0.6) is 0 Å². The summed E-state index contributed by atoms with van der Waals surface area (Å²) in [6, 6.07) is 0. The molecule has 0 saturated carbocycles. The Labute approximate surface area is 223 Å². The fourth-order valence-electron chi connectivity index (χ4n) is 2.46. The molecule has 0 bridgehead atoms. The molecule has 0 saturated heterocycles. The van der Waals surface area contributed by atoms with Crippen LogP contribution in [-0.2, 0) is 38.4 Å². The van der Waals surface area contributed by atoms with Gasteiger partial charge in [0, 0.05) is 25.7 Å². The third kappa shape index (κ3) is 46.0. The van der Waals surface area contributed by atoms with E-state index in [1.54, 1.807) is 0 Å². The lowest BCUT2D eigenvalue weighted by atomic mass is 10.1. The topological polar surface area (TPSA) is 217 Å². The summed E-state index contributed by atoms with van der Waals surface area (Å²) in [6.45, 7) is 11.2. The minimum Gasteiger partial charge on any atom is -0.481 e. The van der Waals surface area contributed by atoms with Crippen molar-refractivity contribution in [2.45, 2.75) is 106 Å². The van der Waals surface area contributed by atoms with Crippen molar-refractivity contribution in [1.29, 1.82) is 0 Å². The fourth-order valence-corrected chi connectivity index (χ4v) is 2.46. The molecule has 12 nitrogen and oxygen atoms in total. The average molecular weight is 549 g/mol. The zero-order valence-corrected chi connectivity index (χ0v) is 23.3. The zero-order chi connectivity index (χ0) is 30.8. The predicted octanol–water partition coefficient (Wildman–Crippen LogP) is 3.81. The van der Waals surface area contributed by atoms with Gasteiger partial charge in [0.25, 0.3) is 0 Å². The van der Waals surface area contributed by atoms with Gasteiger partial charge in [-0.2, -0.15) is 0 Å². The van der Waals surface area contributed by atoms with Gasteiger partial charge < -0.3 is 20.4 Å². The number of hydrogen-bond acceptors (Lipinski definition) is 8. The quantitative estimate of drug-likeness (QED) is 0.202. The molecule has 0 spiro atoms. The number of carboxylic acid groups (broad SMARTS) is 4. The van der Waals surface area contributed by atoms with Crippen LogP contribution >= 0.6 is 0 Å². The fraction of sp³-hybridized carbons (Fsp3) is 0.692. The molecule has 12 heteroatoms. The van der Waals surface area contributed by atoms with E-state index in [4.69, 9.17) is 20.4 Å². The van der Waals surface area contributed by atoms with Crippen LogP contribution in [0.1, 0.15) is 106 Å². The van der Waals surface area contributed by atoms with E-state index in [-0.39, 0.29) is 60.7 Å². The van der Waals surface area contributed by atoms with E-state index in [9.17, 15) is 38.4 Å². The lowest BCUT2D eigenvalue weighted by molar-refractivity contribution is -0.142. The number of ketones is 4. The van der Waals surface area contributed by atoms with Crippen LogP contribution in [0.25, 0.3) is 0 Å². The van der Waals surface area contributed by atoms with Gasteiger partial charge in [0.2, 0.25) is 0 Å². The van der Waals surface area contributed by atoms with Crippen molar-refractivity contribution in [3.05, 3.63) is 0 Å². The van der Waals surface area contributed by atoms with Crippen molar-refractivity contribution in [2.24, 2.45) is 11.8 Å². The van der Waals surface area contributed by atoms with E-state index in [2.05, 4.69) is 0 Å². The molecule has 0 aromatic carbocycles. The van der Waals surface area contributed by atoms with Gasteiger partial charge in [-0.1, -0.05) is 41.5 Å². The molecule has 0 fully saturated rings. The van der Waals surface area contributed by atoms with Crippen LogP contribution in [0.3, 0.4) is 0 Å². The largest absolute Gasteiger partial charge is 0.481 e. The number of rotatable bonds is 16. The molecule has 38 heavy (non-hydrogen) atoms. The van der Waals surface area contributed by atoms with Crippen molar-refractivity contribution in [3.63, 3.8) is 0 Å². The first kappa shape index (κ1) is 41.7. The molecule has 0 aliphatic rings.